The summed E-state index contributed by atoms with van der Waals surface area (Å²) in [4.78, 5) is 44.9. The fraction of sp³-hybridized carbons (Fsp3) is 0.188. The van der Waals surface area contributed by atoms with E-state index < -0.39 is 34.4 Å². The van der Waals surface area contributed by atoms with E-state index in [9.17, 15) is 24.5 Å². The number of carbonyl (C=O) groups is 1. The van der Waals surface area contributed by atoms with Crippen molar-refractivity contribution in [2.75, 3.05) is 6.61 Å². The summed E-state index contributed by atoms with van der Waals surface area (Å²) in [7, 11) is 2.48. The zero-order valence-corrected chi connectivity index (χ0v) is 13.9. The Kier molecular flexibility index (Phi) is 5.36. The van der Waals surface area contributed by atoms with Crippen LogP contribution in [0.2, 0.25) is 0 Å². The van der Waals surface area contributed by atoms with Crippen molar-refractivity contribution in [3.63, 3.8) is 0 Å². The molecule has 0 atom stereocenters. The quantitative estimate of drug-likeness (QED) is 0.589. The second-order valence-corrected chi connectivity index (χ2v) is 5.28. The molecule has 0 aliphatic carbocycles. The van der Waals surface area contributed by atoms with Crippen LogP contribution >= 0.6 is 0 Å². The van der Waals surface area contributed by atoms with Crippen molar-refractivity contribution in [1.29, 1.82) is 0 Å². The van der Waals surface area contributed by atoms with Gasteiger partial charge in [-0.3, -0.25) is 24.0 Å². The third kappa shape index (κ3) is 3.86. The molecule has 2 rings (SSSR count). The van der Waals surface area contributed by atoms with Gasteiger partial charge in [-0.25, -0.2) is 9.59 Å². The highest BCUT2D eigenvalue weighted by atomic mass is 16.6. The third-order valence-electron chi connectivity index (χ3n) is 3.52. The number of ether oxygens (including phenoxy) is 1. The first kappa shape index (κ1) is 18.6. The molecule has 0 aliphatic rings. The molecule has 0 unspecified atom stereocenters. The maximum absolute atomic E-state index is 12.0. The number of hydrogen-bond donors (Lipinski definition) is 1. The van der Waals surface area contributed by atoms with Crippen molar-refractivity contribution in [2.45, 2.75) is 0 Å². The molecule has 0 radical (unpaired) electrons. The number of hydrogen-bond acceptors (Lipinski definition) is 6. The van der Waals surface area contributed by atoms with E-state index in [1.807, 2.05) is 0 Å². The molecule has 0 spiro atoms. The molecule has 0 saturated carbocycles. The van der Waals surface area contributed by atoms with Crippen molar-refractivity contribution < 1.29 is 19.6 Å². The normalized spacial score (nSPS) is 10.8. The number of aliphatic carboxylic acids is 1. The summed E-state index contributed by atoms with van der Waals surface area (Å²) < 4.78 is 6.71. The van der Waals surface area contributed by atoms with Crippen LogP contribution in [0, 0.1) is 10.1 Å². The molecule has 0 amide bonds. The highest BCUT2D eigenvalue weighted by Gasteiger charge is 2.23. The number of rotatable bonds is 6. The van der Waals surface area contributed by atoms with Crippen LogP contribution in [0.1, 0.15) is 11.3 Å². The van der Waals surface area contributed by atoms with Gasteiger partial charge >= 0.3 is 22.9 Å². The van der Waals surface area contributed by atoms with Gasteiger partial charge in [0, 0.05) is 14.1 Å². The highest BCUT2D eigenvalue weighted by Crippen LogP contribution is 2.18. The molecule has 10 nitrogen and oxygen atoms in total. The zero-order chi connectivity index (χ0) is 19.4. The number of benzene rings is 1. The van der Waals surface area contributed by atoms with Gasteiger partial charge in [0.15, 0.2) is 6.61 Å². The van der Waals surface area contributed by atoms with Gasteiger partial charge < -0.3 is 9.84 Å². The summed E-state index contributed by atoms with van der Waals surface area (Å²) in [5.74, 6) is -0.835. The monoisotopic (exact) mass is 361 g/mol. The minimum Gasteiger partial charge on any atom is -0.482 e. The first-order chi connectivity index (χ1) is 12.2. The third-order valence-corrected chi connectivity index (χ3v) is 3.52. The van der Waals surface area contributed by atoms with Crippen molar-refractivity contribution in [2.24, 2.45) is 14.1 Å². The van der Waals surface area contributed by atoms with Crippen molar-refractivity contribution in [3.05, 3.63) is 66.5 Å². The maximum atomic E-state index is 12.0. The van der Waals surface area contributed by atoms with Gasteiger partial charge in [0.2, 0.25) is 0 Å². The van der Waals surface area contributed by atoms with E-state index in [0.717, 1.165) is 11.6 Å². The van der Waals surface area contributed by atoms with Gasteiger partial charge in [0.05, 0.1) is 4.92 Å². The SMILES string of the molecule is Cn1c(/C=C/c2cccc(OCC(=O)O)c2)c([N+](=O)[O-])c(=O)n(C)c1=O. The van der Waals surface area contributed by atoms with E-state index in [1.165, 1.54) is 25.3 Å². The average molecular weight is 361 g/mol. The van der Waals surface area contributed by atoms with Crippen molar-refractivity contribution in [3.8, 4) is 5.75 Å². The van der Waals surface area contributed by atoms with Gasteiger partial charge in [-0.15, -0.1) is 0 Å². The van der Waals surface area contributed by atoms with Crippen molar-refractivity contribution >= 4 is 23.8 Å². The molecule has 136 valence electrons. The molecule has 1 N–H and O–H groups in total. The van der Waals surface area contributed by atoms with Gasteiger partial charge in [0.25, 0.3) is 0 Å². The van der Waals surface area contributed by atoms with Gasteiger partial charge in [-0.05, 0) is 23.8 Å². The summed E-state index contributed by atoms with van der Waals surface area (Å²) in [6.45, 7) is -0.512. The van der Waals surface area contributed by atoms with Crippen LogP contribution in [0.25, 0.3) is 12.2 Å². The second kappa shape index (κ2) is 7.47. The maximum Gasteiger partial charge on any atom is 0.357 e. The predicted molar refractivity (Wildman–Crippen MR) is 92.1 cm³/mol. The Morgan fingerprint density at radius 2 is 1.96 bits per heavy atom. The summed E-state index contributed by atoms with van der Waals surface area (Å²) in [6.07, 6.45) is 2.73. The van der Waals surface area contributed by atoms with Gasteiger partial charge in [0.1, 0.15) is 11.4 Å². The van der Waals surface area contributed by atoms with E-state index in [-0.39, 0.29) is 5.69 Å². The van der Waals surface area contributed by atoms with E-state index >= 15 is 0 Å². The molecule has 10 heteroatoms. The van der Waals surface area contributed by atoms with Crippen LogP contribution in [0.15, 0.2) is 33.9 Å². The van der Waals surface area contributed by atoms with Crippen LogP contribution in [-0.4, -0.2) is 31.7 Å². The zero-order valence-electron chi connectivity index (χ0n) is 13.9. The van der Waals surface area contributed by atoms with Crippen LogP contribution < -0.4 is 16.0 Å². The van der Waals surface area contributed by atoms with E-state index in [0.29, 0.717) is 15.9 Å². The number of carboxylic acids is 1. The largest absolute Gasteiger partial charge is 0.482 e. The summed E-state index contributed by atoms with van der Waals surface area (Å²) >= 11 is 0. The Hall–Kier alpha value is -3.69. The van der Waals surface area contributed by atoms with Crippen LogP contribution in [-0.2, 0) is 18.9 Å². The standard InChI is InChI=1S/C16H15N3O7/c1-17-12(14(19(24)25)15(22)18(2)16(17)23)7-6-10-4-3-5-11(8-10)26-9-13(20)21/h3-8H,9H2,1-2H3,(H,20,21)/b7-6+. The first-order valence-corrected chi connectivity index (χ1v) is 7.29. The highest BCUT2D eigenvalue weighted by molar-refractivity contribution is 5.72. The molecule has 26 heavy (non-hydrogen) atoms. The van der Waals surface area contributed by atoms with Gasteiger partial charge in [-0.1, -0.05) is 18.2 Å². The van der Waals surface area contributed by atoms with Crippen LogP contribution in [0.3, 0.4) is 0 Å². The molecular weight excluding hydrogens is 346 g/mol. The number of carboxylic acid groups (broad SMARTS) is 1. The predicted octanol–water partition coefficient (Wildman–Crippen LogP) is 0.626. The Morgan fingerprint density at radius 1 is 1.27 bits per heavy atom. The number of nitro groups is 1. The Bertz CT molecular complexity index is 1020. The van der Waals surface area contributed by atoms with E-state index in [4.69, 9.17) is 9.84 Å². The molecule has 2 aromatic rings. The minimum absolute atomic E-state index is 0.153. The summed E-state index contributed by atoms with van der Waals surface area (Å²) in [6, 6.07) is 6.32. The molecule has 0 fully saturated rings. The van der Waals surface area contributed by atoms with Crippen LogP contribution in [0.4, 0.5) is 5.69 Å². The molecule has 0 saturated heterocycles. The molecule has 1 aromatic carbocycles. The Labute approximate surface area is 146 Å². The number of nitrogens with zero attached hydrogens (tertiary/aromatic N) is 3. The first-order valence-electron chi connectivity index (χ1n) is 7.29. The van der Waals surface area contributed by atoms with Crippen LogP contribution in [0.5, 0.6) is 5.75 Å². The topological polar surface area (TPSA) is 134 Å². The lowest BCUT2D eigenvalue weighted by atomic mass is 10.2. The van der Waals surface area contributed by atoms with E-state index in [1.54, 1.807) is 18.2 Å². The smallest absolute Gasteiger partial charge is 0.357 e. The summed E-state index contributed by atoms with van der Waals surface area (Å²) in [5, 5.41) is 19.9. The second-order valence-electron chi connectivity index (χ2n) is 5.28. The molecule has 1 aromatic heterocycles. The Balaban J connectivity index is 2.47. The fourth-order valence-electron chi connectivity index (χ4n) is 2.23. The molecule has 0 bridgehead atoms. The van der Waals surface area contributed by atoms with E-state index in [2.05, 4.69) is 0 Å². The lowest BCUT2D eigenvalue weighted by molar-refractivity contribution is -0.387. The Morgan fingerprint density at radius 3 is 2.58 bits per heavy atom. The lowest BCUT2D eigenvalue weighted by Crippen LogP contribution is -2.39. The molecular formula is C16H15N3O7. The minimum atomic E-state index is -1.13. The molecule has 1 heterocycles. The fourth-order valence-corrected chi connectivity index (χ4v) is 2.23. The van der Waals surface area contributed by atoms with Gasteiger partial charge in [-0.2, -0.15) is 0 Å². The lowest BCUT2D eigenvalue weighted by Gasteiger charge is -2.07. The van der Waals surface area contributed by atoms with Crippen molar-refractivity contribution in [1.82, 2.24) is 9.13 Å². The average Bonchev–Trinajstić information content (AvgIpc) is 2.60. The summed E-state index contributed by atoms with van der Waals surface area (Å²) in [5.41, 5.74) is -2.03. The number of aromatic nitrogens is 2. The molecule has 0 aliphatic heterocycles.